The quantitative estimate of drug-likeness (QED) is 0.671. The average Bonchev–Trinajstić information content (AvgIpc) is 2.28. The van der Waals surface area contributed by atoms with Crippen LogP contribution in [0.1, 0.15) is 11.1 Å². The predicted molar refractivity (Wildman–Crippen MR) is 61.3 cm³/mol. The Labute approximate surface area is 93.5 Å². The zero-order chi connectivity index (χ0) is 11.7. The maximum absolute atomic E-state index is 13.7. The monoisotopic (exact) mass is 218 g/mol. The summed E-state index contributed by atoms with van der Waals surface area (Å²) in [5.41, 5.74) is 2.43. The van der Waals surface area contributed by atoms with Crippen LogP contribution in [0.2, 0.25) is 0 Å². The molecule has 0 radical (unpaired) electrons. The molecule has 0 aliphatic carbocycles. The summed E-state index contributed by atoms with van der Waals surface area (Å²) in [6.07, 6.45) is 0. The van der Waals surface area contributed by atoms with Gasteiger partial charge in [-0.15, -0.1) is 0 Å². The first-order valence-corrected chi connectivity index (χ1v) is 5.11. The zero-order valence-electron chi connectivity index (χ0n) is 9.22. The Kier molecular flexibility index (Phi) is 2.73. The maximum Gasteiger partial charge on any atom is 0.166 e. The third-order valence-electron chi connectivity index (χ3n) is 2.64. The van der Waals surface area contributed by atoms with Gasteiger partial charge in [-0.05, 0) is 25.0 Å². The number of benzene rings is 2. The second kappa shape index (κ2) is 4.05. The Morgan fingerprint density at radius 3 is 2.00 bits per heavy atom. The van der Waals surface area contributed by atoms with Crippen molar-refractivity contribution in [3.8, 4) is 11.1 Å². The highest BCUT2D eigenvalue weighted by Gasteiger charge is 2.11. The van der Waals surface area contributed by atoms with Crippen LogP contribution in [-0.4, -0.2) is 0 Å². The van der Waals surface area contributed by atoms with Gasteiger partial charge in [-0.3, -0.25) is 0 Å². The molecule has 0 spiro atoms. The molecule has 0 saturated heterocycles. The molecular weight excluding hydrogens is 206 g/mol. The van der Waals surface area contributed by atoms with Gasteiger partial charge in [0.2, 0.25) is 0 Å². The number of hydrogen-bond donors (Lipinski definition) is 0. The second-order valence-electron chi connectivity index (χ2n) is 3.92. The van der Waals surface area contributed by atoms with Gasteiger partial charge in [0, 0.05) is 5.56 Å². The lowest BCUT2D eigenvalue weighted by molar-refractivity contribution is 0.505. The van der Waals surface area contributed by atoms with E-state index in [-0.39, 0.29) is 0 Å². The molecule has 16 heavy (non-hydrogen) atoms. The SMILES string of the molecule is Cc1ccc(-c2ccc(C)c(F)c2F)cc1. The minimum atomic E-state index is -0.774. The molecule has 0 aliphatic heterocycles. The van der Waals surface area contributed by atoms with E-state index in [0.717, 1.165) is 5.56 Å². The lowest BCUT2D eigenvalue weighted by Gasteiger charge is -2.06. The van der Waals surface area contributed by atoms with E-state index in [1.165, 1.54) is 0 Å². The summed E-state index contributed by atoms with van der Waals surface area (Å²) in [4.78, 5) is 0. The summed E-state index contributed by atoms with van der Waals surface area (Å²) < 4.78 is 27.1. The smallest absolute Gasteiger partial charge is 0.166 e. The second-order valence-corrected chi connectivity index (χ2v) is 3.92. The third kappa shape index (κ3) is 1.83. The van der Waals surface area contributed by atoms with E-state index in [0.29, 0.717) is 16.7 Å². The molecule has 0 nitrogen and oxygen atoms in total. The molecule has 2 heteroatoms. The van der Waals surface area contributed by atoms with Crippen molar-refractivity contribution in [2.24, 2.45) is 0 Å². The normalized spacial score (nSPS) is 10.5. The predicted octanol–water partition coefficient (Wildman–Crippen LogP) is 4.25. The first kappa shape index (κ1) is 10.8. The molecule has 2 aromatic rings. The van der Waals surface area contributed by atoms with E-state index in [4.69, 9.17) is 0 Å². The van der Waals surface area contributed by atoms with Crippen molar-refractivity contribution in [3.63, 3.8) is 0 Å². The van der Waals surface area contributed by atoms with E-state index >= 15 is 0 Å². The van der Waals surface area contributed by atoms with Gasteiger partial charge >= 0.3 is 0 Å². The molecule has 0 saturated carbocycles. The van der Waals surface area contributed by atoms with Crippen molar-refractivity contribution in [2.75, 3.05) is 0 Å². The van der Waals surface area contributed by atoms with Crippen LogP contribution < -0.4 is 0 Å². The van der Waals surface area contributed by atoms with Crippen LogP contribution in [0, 0.1) is 25.5 Å². The van der Waals surface area contributed by atoms with E-state index in [1.807, 2.05) is 19.1 Å². The molecule has 0 N–H and O–H groups in total. The summed E-state index contributed by atoms with van der Waals surface area (Å²) in [5, 5.41) is 0. The molecule has 0 amide bonds. The standard InChI is InChI=1S/C14H12F2/c1-9-3-6-11(7-4-9)12-8-5-10(2)13(15)14(12)16/h3-8H,1-2H3. The van der Waals surface area contributed by atoms with Gasteiger partial charge in [-0.2, -0.15) is 0 Å². The fourth-order valence-electron chi connectivity index (χ4n) is 1.60. The summed E-state index contributed by atoms with van der Waals surface area (Å²) in [5.74, 6) is -1.54. The molecule has 0 fully saturated rings. The largest absolute Gasteiger partial charge is 0.203 e. The molecule has 0 atom stereocenters. The molecule has 0 unspecified atom stereocenters. The van der Waals surface area contributed by atoms with Crippen LogP contribution in [0.3, 0.4) is 0 Å². The van der Waals surface area contributed by atoms with E-state index in [9.17, 15) is 8.78 Å². The summed E-state index contributed by atoms with van der Waals surface area (Å²) in [6, 6.07) is 10.6. The van der Waals surface area contributed by atoms with Crippen molar-refractivity contribution in [2.45, 2.75) is 13.8 Å². The maximum atomic E-state index is 13.7. The van der Waals surface area contributed by atoms with Crippen molar-refractivity contribution < 1.29 is 8.78 Å². The number of halogens is 2. The molecular formula is C14H12F2. The first-order valence-electron chi connectivity index (χ1n) is 5.11. The van der Waals surface area contributed by atoms with Crippen molar-refractivity contribution >= 4 is 0 Å². The zero-order valence-corrected chi connectivity index (χ0v) is 9.22. The summed E-state index contributed by atoms with van der Waals surface area (Å²) in [7, 11) is 0. The number of hydrogen-bond acceptors (Lipinski definition) is 0. The third-order valence-corrected chi connectivity index (χ3v) is 2.64. The fourth-order valence-corrected chi connectivity index (χ4v) is 1.60. The van der Waals surface area contributed by atoms with Gasteiger partial charge < -0.3 is 0 Å². The molecule has 2 rings (SSSR count). The van der Waals surface area contributed by atoms with Gasteiger partial charge in [0.05, 0.1) is 0 Å². The van der Waals surface area contributed by atoms with Gasteiger partial charge in [0.15, 0.2) is 11.6 Å². The highest BCUT2D eigenvalue weighted by atomic mass is 19.2. The van der Waals surface area contributed by atoms with Gasteiger partial charge in [-0.1, -0.05) is 42.0 Å². The van der Waals surface area contributed by atoms with E-state index in [1.54, 1.807) is 31.2 Å². The van der Waals surface area contributed by atoms with Gasteiger partial charge in [0.1, 0.15) is 0 Å². The van der Waals surface area contributed by atoms with Crippen LogP contribution in [-0.2, 0) is 0 Å². The van der Waals surface area contributed by atoms with Crippen LogP contribution in [0.15, 0.2) is 36.4 Å². The molecule has 0 bridgehead atoms. The Balaban J connectivity index is 2.57. The van der Waals surface area contributed by atoms with Crippen molar-refractivity contribution in [1.82, 2.24) is 0 Å². The average molecular weight is 218 g/mol. The lowest BCUT2D eigenvalue weighted by atomic mass is 10.0. The molecule has 0 aromatic heterocycles. The summed E-state index contributed by atoms with van der Waals surface area (Å²) in [6.45, 7) is 3.51. The van der Waals surface area contributed by atoms with Crippen LogP contribution in [0.25, 0.3) is 11.1 Å². The Bertz CT molecular complexity index is 513. The van der Waals surface area contributed by atoms with Crippen LogP contribution in [0.4, 0.5) is 8.78 Å². The minimum absolute atomic E-state index is 0.308. The Morgan fingerprint density at radius 2 is 1.38 bits per heavy atom. The Hall–Kier alpha value is -1.70. The fraction of sp³-hybridized carbons (Fsp3) is 0.143. The van der Waals surface area contributed by atoms with Crippen molar-refractivity contribution in [3.05, 3.63) is 59.2 Å². The van der Waals surface area contributed by atoms with Gasteiger partial charge in [-0.25, -0.2) is 8.78 Å². The van der Waals surface area contributed by atoms with Crippen LogP contribution in [0.5, 0.6) is 0 Å². The molecule has 0 heterocycles. The molecule has 0 aliphatic rings. The van der Waals surface area contributed by atoms with Crippen molar-refractivity contribution in [1.29, 1.82) is 0 Å². The van der Waals surface area contributed by atoms with Crippen LogP contribution >= 0.6 is 0 Å². The Morgan fingerprint density at radius 1 is 0.750 bits per heavy atom. The topological polar surface area (TPSA) is 0 Å². The van der Waals surface area contributed by atoms with E-state index in [2.05, 4.69) is 0 Å². The molecule has 2 aromatic carbocycles. The highest BCUT2D eigenvalue weighted by Crippen LogP contribution is 2.26. The number of aryl methyl sites for hydroxylation is 2. The van der Waals surface area contributed by atoms with E-state index < -0.39 is 11.6 Å². The van der Waals surface area contributed by atoms with Gasteiger partial charge in [0.25, 0.3) is 0 Å². The minimum Gasteiger partial charge on any atom is -0.203 e. The summed E-state index contributed by atoms with van der Waals surface area (Å²) >= 11 is 0. The first-order chi connectivity index (χ1) is 7.59. The lowest BCUT2D eigenvalue weighted by Crippen LogP contribution is -1.92. The number of rotatable bonds is 1. The molecule has 82 valence electrons. The highest BCUT2D eigenvalue weighted by molar-refractivity contribution is 5.64.